The fourth-order valence-electron chi connectivity index (χ4n) is 1.27. The summed E-state index contributed by atoms with van der Waals surface area (Å²) in [4.78, 5) is 1.50. The molecule has 0 aromatic rings. The van der Waals surface area contributed by atoms with Crippen LogP contribution in [0.15, 0.2) is 0 Å². The van der Waals surface area contributed by atoms with Crippen LogP contribution in [-0.2, 0) is 0 Å². The first-order valence-corrected chi connectivity index (χ1v) is 3.90. The molecule has 1 saturated heterocycles. The minimum atomic E-state index is -2.99. The van der Waals surface area contributed by atoms with E-state index in [4.69, 9.17) is 5.11 Å². The molecule has 5 heteroatoms. The van der Waals surface area contributed by atoms with Crippen molar-refractivity contribution in [3.63, 3.8) is 0 Å². The third-order valence-electron chi connectivity index (χ3n) is 2.08. The number of rotatable bonds is 2. The summed E-state index contributed by atoms with van der Waals surface area (Å²) >= 11 is 0. The molecule has 0 bridgehead atoms. The Labute approximate surface area is 69.0 Å². The van der Waals surface area contributed by atoms with Crippen molar-refractivity contribution in [2.75, 3.05) is 26.3 Å². The summed E-state index contributed by atoms with van der Waals surface area (Å²) in [6.07, 6.45) is -2.02. The standard InChI is InChI=1S/C7H12F3NO/c8-2-4-11-3-1-7(9,10)6(12)5-11/h6,12H,1-5H2. The van der Waals surface area contributed by atoms with Gasteiger partial charge in [0, 0.05) is 26.1 Å². The van der Waals surface area contributed by atoms with Crippen LogP contribution in [0.3, 0.4) is 0 Å². The maximum atomic E-state index is 12.6. The van der Waals surface area contributed by atoms with Gasteiger partial charge in [-0.15, -0.1) is 0 Å². The van der Waals surface area contributed by atoms with E-state index in [0.717, 1.165) is 0 Å². The molecule has 0 saturated carbocycles. The Balaban J connectivity index is 2.41. The van der Waals surface area contributed by atoms with Crippen LogP contribution in [-0.4, -0.2) is 48.3 Å². The number of likely N-dealkylation sites (tertiary alicyclic amines) is 1. The van der Waals surface area contributed by atoms with Crippen molar-refractivity contribution < 1.29 is 18.3 Å². The van der Waals surface area contributed by atoms with Crippen molar-refractivity contribution in [3.05, 3.63) is 0 Å². The van der Waals surface area contributed by atoms with Crippen molar-refractivity contribution in [2.45, 2.75) is 18.4 Å². The second-order valence-corrected chi connectivity index (χ2v) is 3.02. The van der Waals surface area contributed by atoms with Gasteiger partial charge in [-0.05, 0) is 0 Å². The minimum absolute atomic E-state index is 0.128. The van der Waals surface area contributed by atoms with Crippen molar-refractivity contribution >= 4 is 0 Å². The van der Waals surface area contributed by atoms with Crippen molar-refractivity contribution in [1.82, 2.24) is 4.90 Å². The lowest BCUT2D eigenvalue weighted by Crippen LogP contribution is -2.51. The summed E-state index contributed by atoms with van der Waals surface area (Å²) in [7, 11) is 0. The van der Waals surface area contributed by atoms with Crippen LogP contribution < -0.4 is 0 Å². The van der Waals surface area contributed by atoms with Crippen molar-refractivity contribution in [2.24, 2.45) is 0 Å². The van der Waals surface area contributed by atoms with E-state index in [1.807, 2.05) is 0 Å². The first-order valence-electron chi connectivity index (χ1n) is 3.90. The van der Waals surface area contributed by atoms with E-state index in [1.165, 1.54) is 4.90 Å². The zero-order chi connectivity index (χ0) is 9.19. The number of aliphatic hydroxyl groups excluding tert-OH is 1. The average Bonchev–Trinajstić information content (AvgIpc) is 1.98. The predicted molar refractivity (Wildman–Crippen MR) is 38.0 cm³/mol. The molecular weight excluding hydrogens is 171 g/mol. The van der Waals surface area contributed by atoms with Gasteiger partial charge >= 0.3 is 0 Å². The summed E-state index contributed by atoms with van der Waals surface area (Å²) in [6, 6.07) is 0. The largest absolute Gasteiger partial charge is 0.386 e. The number of β-amino-alcohol motifs (C(OH)–C–C–N with tert-alkyl or cyclic N) is 1. The smallest absolute Gasteiger partial charge is 0.275 e. The first-order chi connectivity index (χ1) is 5.56. The zero-order valence-electron chi connectivity index (χ0n) is 6.64. The topological polar surface area (TPSA) is 23.5 Å². The Morgan fingerprint density at radius 3 is 2.67 bits per heavy atom. The maximum Gasteiger partial charge on any atom is 0.275 e. The number of nitrogens with zero attached hydrogens (tertiary/aromatic N) is 1. The van der Waals surface area contributed by atoms with Gasteiger partial charge in [0.25, 0.3) is 5.92 Å². The van der Waals surface area contributed by atoms with E-state index < -0.39 is 18.7 Å². The van der Waals surface area contributed by atoms with Crippen LogP contribution in [0.5, 0.6) is 0 Å². The Kier molecular flexibility index (Phi) is 2.95. The molecule has 0 aromatic heterocycles. The Hall–Kier alpha value is -0.290. The average molecular weight is 183 g/mol. The number of aliphatic hydroxyl groups is 1. The molecule has 0 aromatic carbocycles. The van der Waals surface area contributed by atoms with Crippen molar-refractivity contribution in [3.8, 4) is 0 Å². The molecule has 1 aliphatic heterocycles. The molecule has 2 nitrogen and oxygen atoms in total. The van der Waals surface area contributed by atoms with Gasteiger partial charge in [0.2, 0.25) is 0 Å². The highest BCUT2D eigenvalue weighted by Gasteiger charge is 2.42. The number of piperidine rings is 1. The molecule has 72 valence electrons. The molecular formula is C7H12F3NO. The Bertz CT molecular complexity index is 154. The second-order valence-electron chi connectivity index (χ2n) is 3.02. The van der Waals surface area contributed by atoms with Gasteiger partial charge in [0.15, 0.2) is 0 Å². The molecule has 1 unspecified atom stereocenters. The fraction of sp³-hybridized carbons (Fsp3) is 1.00. The van der Waals surface area contributed by atoms with Crippen LogP contribution in [0.2, 0.25) is 0 Å². The molecule has 1 aliphatic rings. The molecule has 1 atom stereocenters. The van der Waals surface area contributed by atoms with Crippen LogP contribution in [0.1, 0.15) is 6.42 Å². The highest BCUT2D eigenvalue weighted by atomic mass is 19.3. The van der Waals surface area contributed by atoms with Crippen LogP contribution in [0.25, 0.3) is 0 Å². The van der Waals surface area contributed by atoms with E-state index in [2.05, 4.69) is 0 Å². The lowest BCUT2D eigenvalue weighted by molar-refractivity contribution is -0.147. The monoisotopic (exact) mass is 183 g/mol. The lowest BCUT2D eigenvalue weighted by Gasteiger charge is -2.34. The molecule has 0 radical (unpaired) electrons. The molecule has 0 aliphatic carbocycles. The molecule has 1 rings (SSSR count). The highest BCUT2D eigenvalue weighted by molar-refractivity contribution is 4.85. The number of halogens is 3. The maximum absolute atomic E-state index is 12.6. The second kappa shape index (κ2) is 3.62. The SMILES string of the molecule is OC1CN(CCF)CCC1(F)F. The molecule has 1 heterocycles. The summed E-state index contributed by atoms with van der Waals surface area (Å²) in [6.45, 7) is -0.393. The van der Waals surface area contributed by atoms with Crippen molar-refractivity contribution in [1.29, 1.82) is 0 Å². The molecule has 0 amide bonds. The van der Waals surface area contributed by atoms with Gasteiger partial charge in [-0.2, -0.15) is 0 Å². The predicted octanol–water partition coefficient (Wildman–Crippen LogP) is 0.658. The summed E-state index contributed by atoms with van der Waals surface area (Å²) in [5, 5.41) is 8.92. The fourth-order valence-corrected chi connectivity index (χ4v) is 1.27. The van der Waals surface area contributed by atoms with Crippen LogP contribution in [0, 0.1) is 0 Å². The van der Waals surface area contributed by atoms with E-state index in [0.29, 0.717) is 0 Å². The number of hydrogen-bond acceptors (Lipinski definition) is 2. The Morgan fingerprint density at radius 2 is 2.17 bits per heavy atom. The normalized spacial score (nSPS) is 30.5. The third-order valence-corrected chi connectivity index (χ3v) is 2.08. The number of hydrogen-bond donors (Lipinski definition) is 1. The number of alkyl halides is 3. The minimum Gasteiger partial charge on any atom is -0.386 e. The van der Waals surface area contributed by atoms with E-state index >= 15 is 0 Å². The van der Waals surface area contributed by atoms with Gasteiger partial charge in [-0.3, -0.25) is 4.90 Å². The molecule has 1 fully saturated rings. The van der Waals surface area contributed by atoms with Gasteiger partial charge in [-0.25, -0.2) is 13.2 Å². The first kappa shape index (κ1) is 9.80. The van der Waals surface area contributed by atoms with Gasteiger partial charge in [0.05, 0.1) is 0 Å². The van der Waals surface area contributed by atoms with Gasteiger partial charge < -0.3 is 5.11 Å². The summed E-state index contributed by atoms with van der Waals surface area (Å²) in [5.74, 6) is -2.99. The Morgan fingerprint density at radius 1 is 1.50 bits per heavy atom. The van der Waals surface area contributed by atoms with E-state index in [1.54, 1.807) is 0 Å². The lowest BCUT2D eigenvalue weighted by atomic mass is 10.0. The van der Waals surface area contributed by atoms with Gasteiger partial charge in [0.1, 0.15) is 12.8 Å². The molecule has 12 heavy (non-hydrogen) atoms. The van der Waals surface area contributed by atoms with Crippen LogP contribution in [0.4, 0.5) is 13.2 Å². The zero-order valence-corrected chi connectivity index (χ0v) is 6.64. The van der Waals surface area contributed by atoms with E-state index in [9.17, 15) is 13.2 Å². The molecule has 1 N–H and O–H groups in total. The quantitative estimate of drug-likeness (QED) is 0.679. The van der Waals surface area contributed by atoms with Crippen LogP contribution >= 0.6 is 0 Å². The van der Waals surface area contributed by atoms with Gasteiger partial charge in [-0.1, -0.05) is 0 Å². The summed E-state index contributed by atoms with van der Waals surface area (Å²) in [5.41, 5.74) is 0. The highest BCUT2D eigenvalue weighted by Crippen LogP contribution is 2.27. The molecule has 0 spiro atoms. The van der Waals surface area contributed by atoms with E-state index in [-0.39, 0.29) is 26.1 Å². The summed E-state index contributed by atoms with van der Waals surface area (Å²) < 4.78 is 37.1. The third kappa shape index (κ3) is 2.10.